The van der Waals surface area contributed by atoms with E-state index in [4.69, 9.17) is 28.9 Å². The highest BCUT2D eigenvalue weighted by atomic mass is 35.5. The molecule has 2 aromatic rings. The fraction of sp³-hybridized carbons (Fsp3) is 0.200. The number of nitrogens with two attached hydrogens (primary N) is 1. The summed E-state index contributed by atoms with van der Waals surface area (Å²) < 4.78 is 1.68. The van der Waals surface area contributed by atoms with E-state index in [9.17, 15) is 0 Å². The summed E-state index contributed by atoms with van der Waals surface area (Å²) in [6, 6.07) is 5.50. The van der Waals surface area contributed by atoms with Gasteiger partial charge in [-0.05, 0) is 11.6 Å². The third-order valence-electron chi connectivity index (χ3n) is 2.16. The van der Waals surface area contributed by atoms with Crippen molar-refractivity contribution in [2.45, 2.75) is 13.1 Å². The average Bonchev–Trinajstić information content (AvgIpc) is 2.73. The Labute approximate surface area is 103 Å². The number of hydrogen-bond donors (Lipinski definition) is 1. The van der Waals surface area contributed by atoms with Gasteiger partial charge in [0, 0.05) is 6.54 Å². The van der Waals surface area contributed by atoms with Crippen LogP contribution in [0.4, 0.5) is 0 Å². The van der Waals surface area contributed by atoms with Gasteiger partial charge >= 0.3 is 0 Å². The molecule has 0 radical (unpaired) electrons. The molecule has 16 heavy (non-hydrogen) atoms. The number of aromatic nitrogens is 3. The standard InChI is InChI=1S/C10H10Cl2N4/c11-9-3-1-2-7(10(9)12)5-16-6-8(4-13)14-15-16/h1-3,6H,4-5,13H2. The van der Waals surface area contributed by atoms with Gasteiger partial charge in [-0.1, -0.05) is 40.5 Å². The van der Waals surface area contributed by atoms with Crippen LogP contribution in [0.3, 0.4) is 0 Å². The molecule has 0 atom stereocenters. The molecule has 0 bridgehead atoms. The molecule has 0 aliphatic heterocycles. The summed E-state index contributed by atoms with van der Waals surface area (Å²) in [5.41, 5.74) is 7.10. The van der Waals surface area contributed by atoms with Crippen molar-refractivity contribution < 1.29 is 0 Å². The van der Waals surface area contributed by atoms with Crippen molar-refractivity contribution in [2.75, 3.05) is 0 Å². The Kier molecular flexibility index (Phi) is 3.43. The van der Waals surface area contributed by atoms with Gasteiger partial charge in [0.1, 0.15) is 0 Å². The number of rotatable bonds is 3. The summed E-state index contributed by atoms with van der Waals surface area (Å²) in [5, 5.41) is 8.92. The molecule has 0 spiro atoms. The zero-order valence-corrected chi connectivity index (χ0v) is 9.91. The van der Waals surface area contributed by atoms with E-state index in [-0.39, 0.29) is 0 Å². The Morgan fingerprint density at radius 1 is 1.31 bits per heavy atom. The summed E-state index contributed by atoms with van der Waals surface area (Å²) in [6.45, 7) is 0.912. The lowest BCUT2D eigenvalue weighted by molar-refractivity contribution is 0.649. The molecule has 4 nitrogen and oxygen atoms in total. The largest absolute Gasteiger partial charge is 0.325 e. The molecule has 0 amide bonds. The van der Waals surface area contributed by atoms with E-state index in [0.29, 0.717) is 23.1 Å². The van der Waals surface area contributed by atoms with Crippen LogP contribution in [0.15, 0.2) is 24.4 Å². The Bertz CT molecular complexity index is 495. The van der Waals surface area contributed by atoms with E-state index in [1.807, 2.05) is 12.1 Å². The third-order valence-corrected chi connectivity index (χ3v) is 3.02. The molecule has 0 unspecified atom stereocenters. The first-order valence-electron chi connectivity index (χ1n) is 4.72. The summed E-state index contributed by atoms with van der Waals surface area (Å²) in [4.78, 5) is 0. The van der Waals surface area contributed by atoms with Crippen LogP contribution in [0.2, 0.25) is 10.0 Å². The molecule has 0 aliphatic rings. The van der Waals surface area contributed by atoms with Crippen LogP contribution in [0.5, 0.6) is 0 Å². The third kappa shape index (κ3) is 2.35. The van der Waals surface area contributed by atoms with Crippen molar-refractivity contribution in [2.24, 2.45) is 5.73 Å². The van der Waals surface area contributed by atoms with Crippen molar-refractivity contribution in [1.29, 1.82) is 0 Å². The highest BCUT2D eigenvalue weighted by Gasteiger charge is 2.06. The van der Waals surface area contributed by atoms with E-state index in [1.54, 1.807) is 16.9 Å². The molecule has 2 rings (SSSR count). The molecule has 0 saturated carbocycles. The molecule has 0 aliphatic carbocycles. The number of benzene rings is 1. The van der Waals surface area contributed by atoms with Crippen molar-refractivity contribution in [3.8, 4) is 0 Å². The van der Waals surface area contributed by atoms with Gasteiger partial charge in [-0.3, -0.25) is 0 Å². The van der Waals surface area contributed by atoms with Gasteiger partial charge in [0.2, 0.25) is 0 Å². The van der Waals surface area contributed by atoms with Gasteiger partial charge in [0.05, 0.1) is 28.5 Å². The lowest BCUT2D eigenvalue weighted by atomic mass is 10.2. The van der Waals surface area contributed by atoms with Crippen molar-refractivity contribution >= 4 is 23.2 Å². The molecular weight excluding hydrogens is 247 g/mol. The van der Waals surface area contributed by atoms with Crippen LogP contribution >= 0.6 is 23.2 Å². The molecule has 84 valence electrons. The van der Waals surface area contributed by atoms with Gasteiger partial charge in [0.15, 0.2) is 0 Å². The number of hydrogen-bond acceptors (Lipinski definition) is 3. The van der Waals surface area contributed by atoms with Crippen molar-refractivity contribution in [3.63, 3.8) is 0 Å². The van der Waals surface area contributed by atoms with Crippen molar-refractivity contribution in [1.82, 2.24) is 15.0 Å². The molecule has 0 fully saturated rings. The van der Waals surface area contributed by atoms with Crippen LogP contribution in [0.1, 0.15) is 11.3 Å². The summed E-state index contributed by atoms with van der Waals surface area (Å²) in [7, 11) is 0. The zero-order chi connectivity index (χ0) is 11.5. The highest BCUT2D eigenvalue weighted by Crippen LogP contribution is 2.25. The second-order valence-electron chi connectivity index (χ2n) is 3.32. The van der Waals surface area contributed by atoms with Gasteiger partial charge in [-0.15, -0.1) is 5.10 Å². The first kappa shape index (κ1) is 11.4. The molecule has 2 N–H and O–H groups in total. The monoisotopic (exact) mass is 256 g/mol. The first-order chi connectivity index (χ1) is 7.70. The number of nitrogens with zero attached hydrogens (tertiary/aromatic N) is 3. The van der Waals surface area contributed by atoms with E-state index >= 15 is 0 Å². The summed E-state index contributed by atoms with van der Waals surface area (Å²) in [5.74, 6) is 0. The Morgan fingerprint density at radius 2 is 2.12 bits per heavy atom. The van der Waals surface area contributed by atoms with Crippen molar-refractivity contribution in [3.05, 3.63) is 45.7 Å². The van der Waals surface area contributed by atoms with Crippen LogP contribution in [0, 0.1) is 0 Å². The predicted molar refractivity (Wildman–Crippen MR) is 63.5 cm³/mol. The summed E-state index contributed by atoms with van der Waals surface area (Å²) >= 11 is 12.0. The number of halogens is 2. The maximum Gasteiger partial charge on any atom is 0.0962 e. The molecule has 1 aromatic carbocycles. The molecule has 6 heteroatoms. The Morgan fingerprint density at radius 3 is 2.81 bits per heavy atom. The molecule has 0 saturated heterocycles. The maximum atomic E-state index is 6.07. The smallest absolute Gasteiger partial charge is 0.0962 e. The second kappa shape index (κ2) is 4.82. The molecule has 1 aromatic heterocycles. The van der Waals surface area contributed by atoms with E-state index < -0.39 is 0 Å². The lowest BCUT2D eigenvalue weighted by Crippen LogP contribution is -2.01. The minimum Gasteiger partial charge on any atom is -0.325 e. The van der Waals surface area contributed by atoms with Gasteiger partial charge in [0.25, 0.3) is 0 Å². The van der Waals surface area contributed by atoms with Crippen LogP contribution in [-0.4, -0.2) is 15.0 Å². The Hall–Kier alpha value is -1.10. The van der Waals surface area contributed by atoms with E-state index in [1.165, 1.54) is 0 Å². The Balaban J connectivity index is 2.23. The van der Waals surface area contributed by atoms with Crippen LogP contribution in [-0.2, 0) is 13.1 Å². The van der Waals surface area contributed by atoms with Crippen LogP contribution in [0.25, 0.3) is 0 Å². The minimum atomic E-state index is 0.378. The van der Waals surface area contributed by atoms with Gasteiger partial charge in [-0.25, -0.2) is 4.68 Å². The first-order valence-corrected chi connectivity index (χ1v) is 5.48. The predicted octanol–water partition coefficient (Wildman–Crippen LogP) is 2.09. The highest BCUT2D eigenvalue weighted by molar-refractivity contribution is 6.42. The maximum absolute atomic E-state index is 6.07. The average molecular weight is 257 g/mol. The summed E-state index contributed by atoms with van der Waals surface area (Å²) in [6.07, 6.45) is 1.79. The fourth-order valence-electron chi connectivity index (χ4n) is 1.35. The van der Waals surface area contributed by atoms with Gasteiger partial charge < -0.3 is 5.73 Å². The van der Waals surface area contributed by atoms with E-state index in [0.717, 1.165) is 11.3 Å². The quantitative estimate of drug-likeness (QED) is 0.915. The fourth-order valence-corrected chi connectivity index (χ4v) is 1.73. The second-order valence-corrected chi connectivity index (χ2v) is 4.11. The molecular formula is C10H10Cl2N4. The van der Waals surface area contributed by atoms with Gasteiger partial charge in [-0.2, -0.15) is 0 Å². The van der Waals surface area contributed by atoms with E-state index in [2.05, 4.69) is 10.3 Å². The normalized spacial score (nSPS) is 10.7. The SMILES string of the molecule is NCc1cn(Cc2cccc(Cl)c2Cl)nn1. The zero-order valence-electron chi connectivity index (χ0n) is 8.40. The molecule has 1 heterocycles. The topological polar surface area (TPSA) is 56.7 Å². The minimum absolute atomic E-state index is 0.378. The van der Waals surface area contributed by atoms with Crippen LogP contribution < -0.4 is 5.73 Å². The lowest BCUT2D eigenvalue weighted by Gasteiger charge is -2.04.